The van der Waals surface area contributed by atoms with Crippen LogP contribution in [0.3, 0.4) is 0 Å². The number of Topliss-reactive ketones (excluding diaryl/α,β-unsaturated/α-hetero) is 1. The highest BCUT2D eigenvalue weighted by Gasteiger charge is 2.52. The van der Waals surface area contributed by atoms with Gasteiger partial charge in [-0.25, -0.2) is 0 Å². The summed E-state index contributed by atoms with van der Waals surface area (Å²) in [5.74, 6) is -1.14. The van der Waals surface area contributed by atoms with Gasteiger partial charge in [-0.3, -0.25) is 9.59 Å². The second-order valence-electron chi connectivity index (χ2n) is 6.07. The van der Waals surface area contributed by atoms with Gasteiger partial charge in [0.25, 0.3) is 5.91 Å². The second-order valence-corrected chi connectivity index (χ2v) is 7.49. The van der Waals surface area contributed by atoms with Crippen LogP contribution in [0.5, 0.6) is 5.75 Å². The third kappa shape index (κ3) is 3.29. The smallest absolute Gasteiger partial charge is 0.367 e. The Morgan fingerprint density at radius 2 is 1.88 bits per heavy atom. The fraction of sp³-hybridized carbons (Fsp3) is 0.500. The van der Waals surface area contributed by atoms with E-state index in [0.717, 1.165) is 5.56 Å². The van der Waals surface area contributed by atoms with Crippen molar-refractivity contribution >= 4 is 22.0 Å². The van der Waals surface area contributed by atoms with Crippen LogP contribution in [-0.4, -0.2) is 37.8 Å². The molecule has 0 spiro atoms. The molecular formula is C16H21NO6S. The Hall–Kier alpha value is -1.93. The van der Waals surface area contributed by atoms with Gasteiger partial charge in [0.05, 0.1) is 0 Å². The molecule has 1 aliphatic rings. The summed E-state index contributed by atoms with van der Waals surface area (Å²) in [7, 11) is -3.15. The molecule has 1 fully saturated rings. The molecule has 0 N–H and O–H groups in total. The van der Waals surface area contributed by atoms with E-state index in [2.05, 4.69) is 0 Å². The number of carbonyl (C=O) groups excluding carboxylic acids is 2. The number of amides is 1. The van der Waals surface area contributed by atoms with E-state index >= 15 is 0 Å². The topological polar surface area (TPSA) is 90.0 Å². The number of methoxy groups -OCH3 is 1. The minimum absolute atomic E-state index is 0.0818. The molecule has 132 valence electrons. The highest BCUT2D eigenvalue weighted by molar-refractivity contribution is 7.85. The molecule has 0 bridgehead atoms. The van der Waals surface area contributed by atoms with Gasteiger partial charge in [0, 0.05) is 7.11 Å². The van der Waals surface area contributed by atoms with Crippen LogP contribution in [-0.2, 0) is 24.6 Å². The lowest BCUT2D eigenvalue weighted by atomic mass is 9.78. The number of hydrogen-bond donors (Lipinski definition) is 0. The molecule has 7 nitrogen and oxygen atoms in total. The third-order valence-corrected chi connectivity index (χ3v) is 5.62. The standard InChI is InChI=1S/C16H21NO6S/c1-11-5-7-13(8-6-11)23-24(20,21)17-14(22-4)9-10-16(3,12(2)18)15(17)19/h5-8,14H,9-10H2,1-4H3/t14-,16-/m0/s1. The van der Waals surface area contributed by atoms with Gasteiger partial charge in [0.2, 0.25) is 0 Å². The molecule has 24 heavy (non-hydrogen) atoms. The zero-order valence-corrected chi connectivity index (χ0v) is 14.9. The van der Waals surface area contributed by atoms with Gasteiger partial charge in [-0.1, -0.05) is 17.7 Å². The lowest BCUT2D eigenvalue weighted by Gasteiger charge is -2.40. The van der Waals surface area contributed by atoms with E-state index in [0.29, 0.717) is 4.31 Å². The van der Waals surface area contributed by atoms with Crippen LogP contribution in [0.1, 0.15) is 32.3 Å². The van der Waals surface area contributed by atoms with Gasteiger partial charge >= 0.3 is 10.3 Å². The Kier molecular flexibility index (Phi) is 5.00. The lowest BCUT2D eigenvalue weighted by Crippen LogP contribution is -2.58. The monoisotopic (exact) mass is 355 g/mol. The number of rotatable bonds is 5. The molecule has 1 aromatic rings. The van der Waals surface area contributed by atoms with Crippen LogP contribution in [0.15, 0.2) is 24.3 Å². The quantitative estimate of drug-likeness (QED) is 0.748. The van der Waals surface area contributed by atoms with Crippen LogP contribution in [0, 0.1) is 12.3 Å². The maximum absolute atomic E-state index is 12.7. The summed E-state index contributed by atoms with van der Waals surface area (Å²) in [5, 5.41) is 0. The fourth-order valence-corrected chi connectivity index (χ4v) is 3.87. The zero-order valence-electron chi connectivity index (χ0n) is 14.1. The number of ether oxygens (including phenoxy) is 1. The summed E-state index contributed by atoms with van der Waals surface area (Å²) in [6.07, 6.45) is -0.564. The van der Waals surface area contributed by atoms with Crippen molar-refractivity contribution < 1.29 is 26.9 Å². The first-order valence-electron chi connectivity index (χ1n) is 7.50. The fourth-order valence-electron chi connectivity index (χ4n) is 2.55. The number of benzene rings is 1. The highest BCUT2D eigenvalue weighted by atomic mass is 32.2. The van der Waals surface area contributed by atoms with Gasteiger partial charge in [0.15, 0.2) is 0 Å². The normalized spacial score (nSPS) is 24.8. The first-order valence-corrected chi connectivity index (χ1v) is 8.87. The number of piperidine rings is 1. The van der Waals surface area contributed by atoms with E-state index in [1.807, 2.05) is 6.92 Å². The van der Waals surface area contributed by atoms with Gasteiger partial charge in [-0.2, -0.15) is 12.7 Å². The Balaban J connectivity index is 2.38. The molecule has 2 atom stereocenters. The maximum atomic E-state index is 12.7. The van der Waals surface area contributed by atoms with Gasteiger partial charge in [-0.15, -0.1) is 0 Å². The molecule has 8 heteroatoms. The molecular weight excluding hydrogens is 334 g/mol. The van der Waals surface area contributed by atoms with Crippen molar-refractivity contribution in [2.75, 3.05) is 7.11 Å². The minimum Gasteiger partial charge on any atom is -0.367 e. The van der Waals surface area contributed by atoms with E-state index in [9.17, 15) is 18.0 Å². The summed E-state index contributed by atoms with van der Waals surface area (Å²) in [6.45, 7) is 4.57. The summed E-state index contributed by atoms with van der Waals surface area (Å²) < 4.78 is 36.0. The van der Waals surface area contributed by atoms with Crippen LogP contribution < -0.4 is 4.18 Å². The molecule has 0 aromatic heterocycles. The molecule has 2 rings (SSSR count). The number of aryl methyl sites for hydroxylation is 1. The maximum Gasteiger partial charge on any atom is 0.414 e. The van der Waals surface area contributed by atoms with Crippen LogP contribution in [0.25, 0.3) is 0 Å². The largest absolute Gasteiger partial charge is 0.414 e. The molecule has 1 amide bonds. The molecule has 1 aromatic carbocycles. The average Bonchev–Trinajstić information content (AvgIpc) is 2.51. The van der Waals surface area contributed by atoms with E-state index in [-0.39, 0.29) is 18.6 Å². The molecule has 1 heterocycles. The average molecular weight is 355 g/mol. The summed E-state index contributed by atoms with van der Waals surface area (Å²) >= 11 is 0. The van der Waals surface area contributed by atoms with Gasteiger partial charge in [-0.05, 0) is 45.7 Å². The van der Waals surface area contributed by atoms with Crippen molar-refractivity contribution in [2.45, 2.75) is 39.8 Å². The molecule has 0 unspecified atom stereocenters. The van der Waals surface area contributed by atoms with Crippen molar-refractivity contribution in [1.82, 2.24) is 4.31 Å². The Bertz CT molecular complexity index is 742. The minimum atomic E-state index is -4.46. The van der Waals surface area contributed by atoms with Crippen LogP contribution in [0.2, 0.25) is 0 Å². The number of ketones is 1. The van der Waals surface area contributed by atoms with Gasteiger partial charge in [0.1, 0.15) is 23.2 Å². The molecule has 0 saturated carbocycles. The first-order chi connectivity index (χ1) is 11.1. The lowest BCUT2D eigenvalue weighted by molar-refractivity contribution is -0.158. The predicted octanol–water partition coefficient (Wildman–Crippen LogP) is 1.81. The molecule has 0 aliphatic carbocycles. The van der Waals surface area contributed by atoms with Crippen molar-refractivity contribution in [1.29, 1.82) is 0 Å². The summed E-state index contributed by atoms with van der Waals surface area (Å²) in [6, 6.07) is 6.37. The van der Waals surface area contributed by atoms with Crippen molar-refractivity contribution in [3.63, 3.8) is 0 Å². The Morgan fingerprint density at radius 3 is 2.38 bits per heavy atom. The summed E-state index contributed by atoms with van der Waals surface area (Å²) in [4.78, 5) is 24.6. The summed E-state index contributed by atoms with van der Waals surface area (Å²) in [5.41, 5.74) is -0.466. The number of nitrogens with zero attached hydrogens (tertiary/aromatic N) is 1. The Labute approximate surface area is 141 Å². The van der Waals surface area contributed by atoms with E-state index in [1.165, 1.54) is 33.1 Å². The SMILES string of the molecule is CO[C@H]1CC[C@@](C)(C(C)=O)C(=O)N1S(=O)(=O)Oc1ccc(C)cc1. The third-order valence-electron chi connectivity index (χ3n) is 4.34. The van der Waals surface area contributed by atoms with Crippen molar-refractivity contribution in [3.8, 4) is 5.75 Å². The van der Waals surface area contributed by atoms with E-state index in [4.69, 9.17) is 8.92 Å². The number of hydrogen-bond acceptors (Lipinski definition) is 6. The van der Waals surface area contributed by atoms with Crippen molar-refractivity contribution in [3.05, 3.63) is 29.8 Å². The molecule has 1 saturated heterocycles. The van der Waals surface area contributed by atoms with Crippen molar-refractivity contribution in [2.24, 2.45) is 5.41 Å². The molecule has 0 radical (unpaired) electrons. The zero-order chi connectivity index (χ0) is 18.1. The van der Waals surface area contributed by atoms with E-state index in [1.54, 1.807) is 12.1 Å². The first kappa shape index (κ1) is 18.4. The van der Waals surface area contributed by atoms with E-state index < -0.39 is 33.6 Å². The second kappa shape index (κ2) is 6.52. The molecule has 1 aliphatic heterocycles. The van der Waals surface area contributed by atoms with Gasteiger partial charge < -0.3 is 8.92 Å². The number of carbonyl (C=O) groups is 2. The Morgan fingerprint density at radius 1 is 1.29 bits per heavy atom. The highest BCUT2D eigenvalue weighted by Crippen LogP contribution is 2.37. The van der Waals surface area contributed by atoms with Crippen LogP contribution in [0.4, 0.5) is 0 Å². The predicted molar refractivity (Wildman–Crippen MR) is 86.4 cm³/mol. The van der Waals surface area contributed by atoms with Crippen LogP contribution >= 0.6 is 0 Å².